The number of aliphatic hydroxyl groups is 2. The van der Waals surface area contributed by atoms with Gasteiger partial charge in [-0.25, -0.2) is 0 Å². The van der Waals surface area contributed by atoms with Crippen LogP contribution in [0.15, 0.2) is 12.3 Å². The van der Waals surface area contributed by atoms with Gasteiger partial charge in [0.2, 0.25) is 5.88 Å². The molecule has 1 heterocycles. The van der Waals surface area contributed by atoms with Gasteiger partial charge in [-0.05, 0) is 6.92 Å². The molecule has 1 aromatic heterocycles. The summed E-state index contributed by atoms with van der Waals surface area (Å²) in [6.45, 7) is 2.42. The van der Waals surface area contributed by atoms with Gasteiger partial charge in [0.05, 0.1) is 18.5 Å². The van der Waals surface area contributed by atoms with Crippen molar-refractivity contribution in [2.75, 3.05) is 25.1 Å². The molecule has 6 heteroatoms. The second-order valence-corrected chi connectivity index (χ2v) is 2.96. The Balaban J connectivity index is 2.50. The molecular weight excluding hydrogens is 198 g/mol. The van der Waals surface area contributed by atoms with E-state index in [0.717, 1.165) is 12.2 Å². The average molecular weight is 213 g/mol. The molecule has 0 aromatic carbocycles. The van der Waals surface area contributed by atoms with Crippen LogP contribution in [0.4, 0.5) is 5.69 Å². The lowest BCUT2D eigenvalue weighted by Gasteiger charge is -2.09. The van der Waals surface area contributed by atoms with Crippen molar-refractivity contribution >= 4 is 5.69 Å². The Morgan fingerprint density at radius 1 is 1.60 bits per heavy atom. The molecule has 6 nitrogen and oxygen atoms in total. The molecule has 0 fully saturated rings. The Hall–Kier alpha value is -1.40. The number of aromatic nitrogens is 2. The predicted molar refractivity (Wildman–Crippen MR) is 54.8 cm³/mol. The van der Waals surface area contributed by atoms with Crippen molar-refractivity contribution in [3.63, 3.8) is 0 Å². The lowest BCUT2D eigenvalue weighted by Crippen LogP contribution is -2.21. The van der Waals surface area contributed by atoms with Crippen molar-refractivity contribution in [2.24, 2.45) is 0 Å². The third kappa shape index (κ3) is 4.09. The number of hydrogen-bond acceptors (Lipinski definition) is 6. The largest absolute Gasteiger partial charge is 0.474 e. The molecule has 1 rings (SSSR count). The molecular formula is C9H15N3O3. The minimum atomic E-state index is -0.894. The summed E-state index contributed by atoms with van der Waals surface area (Å²) in [5, 5.41) is 28.1. The van der Waals surface area contributed by atoms with Crippen LogP contribution in [0.3, 0.4) is 0 Å². The fourth-order valence-electron chi connectivity index (χ4n) is 0.953. The van der Waals surface area contributed by atoms with Crippen molar-refractivity contribution in [3.05, 3.63) is 12.3 Å². The first-order valence-electron chi connectivity index (χ1n) is 4.74. The molecule has 0 aliphatic heterocycles. The van der Waals surface area contributed by atoms with E-state index < -0.39 is 6.10 Å². The topological polar surface area (TPSA) is 87.5 Å². The molecule has 0 amide bonds. The molecule has 0 radical (unpaired) electrons. The van der Waals surface area contributed by atoms with Gasteiger partial charge in [0.25, 0.3) is 0 Å². The highest BCUT2D eigenvalue weighted by molar-refractivity contribution is 5.42. The second kappa shape index (κ2) is 6.15. The Kier molecular flexibility index (Phi) is 4.79. The third-order valence-electron chi connectivity index (χ3n) is 1.65. The van der Waals surface area contributed by atoms with Gasteiger partial charge in [0, 0.05) is 12.6 Å². The zero-order valence-corrected chi connectivity index (χ0v) is 8.55. The van der Waals surface area contributed by atoms with Crippen LogP contribution in [0.5, 0.6) is 5.88 Å². The SMILES string of the molecule is CCNc1cnnc(OC[C@H](O)CO)c1. The van der Waals surface area contributed by atoms with E-state index in [1.807, 2.05) is 6.92 Å². The standard InChI is InChI=1S/C9H15N3O3/c1-2-10-7-3-9(12-11-4-7)15-6-8(14)5-13/h3-4,8,13-14H,2,5-6H2,1H3,(H,10,12)/t8-/m1/s1. The van der Waals surface area contributed by atoms with E-state index in [1.54, 1.807) is 12.3 Å². The molecule has 84 valence electrons. The zero-order valence-electron chi connectivity index (χ0n) is 8.55. The van der Waals surface area contributed by atoms with E-state index in [4.69, 9.17) is 14.9 Å². The summed E-state index contributed by atoms with van der Waals surface area (Å²) in [5.41, 5.74) is 0.806. The summed E-state index contributed by atoms with van der Waals surface area (Å²) in [6, 6.07) is 1.68. The van der Waals surface area contributed by atoms with Crippen molar-refractivity contribution in [2.45, 2.75) is 13.0 Å². The normalized spacial score (nSPS) is 12.2. The lowest BCUT2D eigenvalue weighted by atomic mass is 10.4. The fourth-order valence-corrected chi connectivity index (χ4v) is 0.953. The van der Waals surface area contributed by atoms with Gasteiger partial charge in [-0.3, -0.25) is 0 Å². The number of hydrogen-bond donors (Lipinski definition) is 3. The first-order chi connectivity index (χ1) is 7.26. The first kappa shape index (κ1) is 11.7. The van der Waals surface area contributed by atoms with E-state index >= 15 is 0 Å². The van der Waals surface area contributed by atoms with Gasteiger partial charge >= 0.3 is 0 Å². The van der Waals surface area contributed by atoms with Gasteiger partial charge in [0.1, 0.15) is 12.7 Å². The van der Waals surface area contributed by atoms with Gasteiger partial charge in [-0.2, -0.15) is 5.10 Å². The van der Waals surface area contributed by atoms with E-state index in [-0.39, 0.29) is 13.2 Å². The highest BCUT2D eigenvalue weighted by atomic mass is 16.5. The average Bonchev–Trinajstić information content (AvgIpc) is 2.27. The van der Waals surface area contributed by atoms with Crippen molar-refractivity contribution in [1.82, 2.24) is 10.2 Å². The molecule has 0 saturated carbocycles. The Morgan fingerprint density at radius 2 is 2.40 bits per heavy atom. The molecule has 3 N–H and O–H groups in total. The van der Waals surface area contributed by atoms with E-state index in [9.17, 15) is 0 Å². The quantitative estimate of drug-likeness (QED) is 0.598. The molecule has 0 aliphatic rings. The summed E-state index contributed by atoms with van der Waals surface area (Å²) >= 11 is 0. The van der Waals surface area contributed by atoms with Crippen LogP contribution in [-0.2, 0) is 0 Å². The molecule has 15 heavy (non-hydrogen) atoms. The number of nitrogens with zero attached hydrogens (tertiary/aromatic N) is 2. The minimum absolute atomic E-state index is 0.000752. The van der Waals surface area contributed by atoms with Gasteiger partial charge < -0.3 is 20.3 Å². The number of anilines is 1. The maximum Gasteiger partial charge on any atom is 0.235 e. The Labute approximate surface area is 87.9 Å². The van der Waals surface area contributed by atoms with Crippen LogP contribution in [0.1, 0.15) is 6.92 Å². The van der Waals surface area contributed by atoms with Crippen molar-refractivity contribution in [3.8, 4) is 5.88 Å². The molecule has 1 aromatic rings. The third-order valence-corrected chi connectivity index (χ3v) is 1.65. The molecule has 0 bridgehead atoms. The predicted octanol–water partition coefficient (Wildman–Crippen LogP) is -0.360. The summed E-state index contributed by atoms with van der Waals surface area (Å²) in [7, 11) is 0. The van der Waals surface area contributed by atoms with Crippen LogP contribution >= 0.6 is 0 Å². The molecule has 1 atom stereocenters. The molecule has 0 saturated heterocycles. The molecule has 0 unspecified atom stereocenters. The summed E-state index contributed by atoms with van der Waals surface area (Å²) in [6.07, 6.45) is 0.688. The van der Waals surface area contributed by atoms with Crippen LogP contribution in [0.2, 0.25) is 0 Å². The van der Waals surface area contributed by atoms with Crippen molar-refractivity contribution < 1.29 is 14.9 Å². The maximum atomic E-state index is 9.05. The van der Waals surface area contributed by atoms with Gasteiger partial charge in [-0.15, -0.1) is 5.10 Å². The first-order valence-corrected chi connectivity index (χ1v) is 4.74. The number of nitrogens with one attached hydrogen (secondary N) is 1. The zero-order chi connectivity index (χ0) is 11.1. The highest BCUT2D eigenvalue weighted by Gasteiger charge is 2.04. The van der Waals surface area contributed by atoms with Crippen LogP contribution < -0.4 is 10.1 Å². The summed E-state index contributed by atoms with van der Waals surface area (Å²) in [4.78, 5) is 0. The molecule has 0 spiro atoms. The summed E-state index contributed by atoms with van der Waals surface area (Å²) in [5.74, 6) is 0.320. The Bertz CT molecular complexity index is 296. The van der Waals surface area contributed by atoms with Crippen molar-refractivity contribution in [1.29, 1.82) is 0 Å². The monoisotopic (exact) mass is 213 g/mol. The van der Waals surface area contributed by atoms with E-state index in [0.29, 0.717) is 5.88 Å². The fraction of sp³-hybridized carbons (Fsp3) is 0.556. The smallest absolute Gasteiger partial charge is 0.235 e. The van der Waals surface area contributed by atoms with E-state index in [2.05, 4.69) is 15.5 Å². The number of ether oxygens (including phenoxy) is 1. The van der Waals surface area contributed by atoms with Gasteiger partial charge in [0.15, 0.2) is 0 Å². The number of aliphatic hydroxyl groups excluding tert-OH is 2. The molecule has 0 aliphatic carbocycles. The second-order valence-electron chi connectivity index (χ2n) is 2.96. The van der Waals surface area contributed by atoms with Crippen LogP contribution in [-0.4, -0.2) is 46.3 Å². The number of rotatable bonds is 6. The Morgan fingerprint density at radius 3 is 3.07 bits per heavy atom. The maximum absolute atomic E-state index is 9.05. The van der Waals surface area contributed by atoms with Crippen LogP contribution in [0.25, 0.3) is 0 Å². The van der Waals surface area contributed by atoms with E-state index in [1.165, 1.54) is 0 Å². The van der Waals surface area contributed by atoms with Crippen LogP contribution in [0, 0.1) is 0 Å². The summed E-state index contributed by atoms with van der Waals surface area (Å²) < 4.78 is 5.12. The lowest BCUT2D eigenvalue weighted by molar-refractivity contribution is 0.0518. The minimum Gasteiger partial charge on any atom is -0.474 e. The highest BCUT2D eigenvalue weighted by Crippen LogP contribution is 2.11. The van der Waals surface area contributed by atoms with Gasteiger partial charge in [-0.1, -0.05) is 0 Å².